The molecule has 1 atom stereocenters. The summed E-state index contributed by atoms with van der Waals surface area (Å²) in [6, 6.07) is 4.10. The normalized spacial score (nSPS) is 12.6. The Morgan fingerprint density at radius 3 is 2.64 bits per heavy atom. The van der Waals surface area contributed by atoms with Gasteiger partial charge in [0.15, 0.2) is 5.78 Å². The lowest BCUT2D eigenvalue weighted by Gasteiger charge is -2.07. The summed E-state index contributed by atoms with van der Waals surface area (Å²) in [5.74, 6) is -0.459. The fourth-order valence-electron chi connectivity index (χ4n) is 1.27. The monoisotopic (exact) mass is 195 g/mol. The van der Waals surface area contributed by atoms with E-state index in [1.165, 1.54) is 6.07 Å². The first-order chi connectivity index (χ1) is 6.56. The third-order valence-corrected chi connectivity index (χ3v) is 2.13. The van der Waals surface area contributed by atoms with Crippen molar-refractivity contribution < 1.29 is 9.18 Å². The van der Waals surface area contributed by atoms with Crippen LogP contribution in [0.3, 0.4) is 0 Å². The number of carbonyl (C=O) groups excluding carboxylic acids is 1. The molecule has 1 aromatic rings. The maximum Gasteiger partial charge on any atom is 0.162 e. The lowest BCUT2D eigenvalue weighted by molar-refractivity contribution is 0.0987. The molecule has 0 aliphatic rings. The minimum atomic E-state index is -0.403. The molecule has 0 fully saturated rings. The van der Waals surface area contributed by atoms with E-state index in [9.17, 15) is 9.18 Å². The Balaban J connectivity index is 3.06. The van der Waals surface area contributed by atoms with Crippen LogP contribution in [0.1, 0.15) is 42.2 Å². The molecule has 2 nitrogen and oxygen atoms in total. The summed E-state index contributed by atoms with van der Waals surface area (Å²) in [7, 11) is 0. The highest BCUT2D eigenvalue weighted by Gasteiger charge is 2.10. The molecular weight excluding hydrogens is 181 g/mol. The van der Waals surface area contributed by atoms with Gasteiger partial charge in [-0.05, 0) is 13.0 Å². The number of rotatable bonds is 3. The topological polar surface area (TPSA) is 43.1 Å². The van der Waals surface area contributed by atoms with Gasteiger partial charge in [0.2, 0.25) is 0 Å². The smallest absolute Gasteiger partial charge is 0.162 e. The lowest BCUT2D eigenvalue weighted by Crippen LogP contribution is -2.08. The maximum absolute atomic E-state index is 13.4. The molecule has 14 heavy (non-hydrogen) atoms. The molecule has 0 amide bonds. The molecule has 0 bridgehead atoms. The van der Waals surface area contributed by atoms with Crippen LogP contribution in [0.15, 0.2) is 18.2 Å². The van der Waals surface area contributed by atoms with Gasteiger partial charge in [-0.15, -0.1) is 0 Å². The van der Waals surface area contributed by atoms with Gasteiger partial charge in [0, 0.05) is 23.6 Å². The third kappa shape index (κ3) is 2.17. The zero-order valence-electron chi connectivity index (χ0n) is 8.38. The number of ketones is 1. The molecule has 1 rings (SSSR count). The zero-order chi connectivity index (χ0) is 10.7. The summed E-state index contributed by atoms with van der Waals surface area (Å²) in [5.41, 5.74) is 6.40. The molecule has 0 heterocycles. The predicted octanol–water partition coefficient (Wildman–Crippen LogP) is 2.44. The summed E-state index contributed by atoms with van der Waals surface area (Å²) in [5, 5.41) is 0. The van der Waals surface area contributed by atoms with Crippen molar-refractivity contribution in [3.8, 4) is 0 Å². The largest absolute Gasteiger partial charge is 0.324 e. The van der Waals surface area contributed by atoms with Gasteiger partial charge in [0.1, 0.15) is 5.82 Å². The van der Waals surface area contributed by atoms with Crippen LogP contribution in [0.4, 0.5) is 4.39 Å². The van der Waals surface area contributed by atoms with Crippen molar-refractivity contribution in [2.45, 2.75) is 26.3 Å². The van der Waals surface area contributed by atoms with Crippen LogP contribution < -0.4 is 5.73 Å². The molecule has 0 aliphatic heterocycles. The first kappa shape index (κ1) is 10.9. The van der Waals surface area contributed by atoms with Crippen molar-refractivity contribution >= 4 is 5.78 Å². The van der Waals surface area contributed by atoms with Crippen molar-refractivity contribution in [3.63, 3.8) is 0 Å². The number of nitrogens with two attached hydrogens (primary N) is 1. The lowest BCUT2D eigenvalue weighted by atomic mass is 10.0. The van der Waals surface area contributed by atoms with Crippen LogP contribution >= 0.6 is 0 Å². The van der Waals surface area contributed by atoms with Gasteiger partial charge in [-0.1, -0.05) is 19.1 Å². The Bertz CT molecular complexity index is 347. The summed E-state index contributed by atoms with van der Waals surface area (Å²) < 4.78 is 13.4. The van der Waals surface area contributed by atoms with Crippen LogP contribution in [-0.2, 0) is 0 Å². The number of carbonyl (C=O) groups is 1. The van der Waals surface area contributed by atoms with Crippen molar-refractivity contribution in [1.29, 1.82) is 0 Å². The van der Waals surface area contributed by atoms with E-state index in [0.29, 0.717) is 17.5 Å². The average molecular weight is 195 g/mol. The zero-order valence-corrected chi connectivity index (χ0v) is 8.38. The molecular formula is C11H14FNO. The quantitative estimate of drug-likeness (QED) is 0.753. The van der Waals surface area contributed by atoms with E-state index < -0.39 is 5.82 Å². The molecule has 0 saturated heterocycles. The molecule has 0 saturated carbocycles. The fraction of sp³-hybridized carbons (Fsp3) is 0.364. The third-order valence-electron chi connectivity index (χ3n) is 2.13. The van der Waals surface area contributed by atoms with Gasteiger partial charge < -0.3 is 5.73 Å². The van der Waals surface area contributed by atoms with Crippen LogP contribution in [0.2, 0.25) is 0 Å². The standard InChI is InChI=1S/C11H14FNO/c1-3-11(14)8-4-5-9(7(2)13)10(12)6-8/h4-7H,3,13H2,1-2H3/t7-/m0/s1. The minimum absolute atomic E-state index is 0.0554. The van der Waals surface area contributed by atoms with Crippen LogP contribution in [0, 0.1) is 5.82 Å². The number of halogens is 1. The molecule has 3 heteroatoms. The van der Waals surface area contributed by atoms with E-state index >= 15 is 0 Å². The van der Waals surface area contributed by atoms with Gasteiger partial charge in [0.05, 0.1) is 0 Å². The van der Waals surface area contributed by atoms with Gasteiger partial charge in [-0.3, -0.25) is 4.79 Å². The van der Waals surface area contributed by atoms with Gasteiger partial charge >= 0.3 is 0 Å². The van der Waals surface area contributed by atoms with E-state index in [-0.39, 0.29) is 11.8 Å². The van der Waals surface area contributed by atoms with Crippen LogP contribution in [0.5, 0.6) is 0 Å². The molecule has 76 valence electrons. The molecule has 0 aliphatic carbocycles. The van der Waals surface area contributed by atoms with E-state index in [2.05, 4.69) is 0 Å². The summed E-state index contributed by atoms with van der Waals surface area (Å²) in [6.45, 7) is 3.46. The van der Waals surface area contributed by atoms with Crippen molar-refractivity contribution in [2.24, 2.45) is 5.73 Å². The molecule has 0 spiro atoms. The average Bonchev–Trinajstić information content (AvgIpc) is 2.15. The highest BCUT2D eigenvalue weighted by Crippen LogP contribution is 2.16. The summed E-state index contributed by atoms with van der Waals surface area (Å²) in [6.07, 6.45) is 0.386. The number of benzene rings is 1. The summed E-state index contributed by atoms with van der Waals surface area (Å²) in [4.78, 5) is 11.2. The van der Waals surface area contributed by atoms with Crippen molar-refractivity contribution in [3.05, 3.63) is 35.1 Å². The Hall–Kier alpha value is -1.22. The molecule has 0 unspecified atom stereocenters. The number of hydrogen-bond acceptors (Lipinski definition) is 2. The van der Waals surface area contributed by atoms with E-state index in [4.69, 9.17) is 5.73 Å². The van der Waals surface area contributed by atoms with E-state index in [0.717, 1.165) is 0 Å². The molecule has 1 aromatic carbocycles. The highest BCUT2D eigenvalue weighted by atomic mass is 19.1. The van der Waals surface area contributed by atoms with E-state index in [1.54, 1.807) is 26.0 Å². The Kier molecular flexibility index (Phi) is 3.36. The highest BCUT2D eigenvalue weighted by molar-refractivity contribution is 5.95. The second-order valence-electron chi connectivity index (χ2n) is 3.30. The van der Waals surface area contributed by atoms with Crippen LogP contribution in [-0.4, -0.2) is 5.78 Å². The number of Topliss-reactive ketones (excluding diaryl/α,β-unsaturated/α-hetero) is 1. The molecule has 0 radical (unpaired) electrons. The molecule has 2 N–H and O–H groups in total. The number of hydrogen-bond donors (Lipinski definition) is 1. The minimum Gasteiger partial charge on any atom is -0.324 e. The van der Waals surface area contributed by atoms with Crippen molar-refractivity contribution in [2.75, 3.05) is 0 Å². The maximum atomic E-state index is 13.4. The van der Waals surface area contributed by atoms with Crippen molar-refractivity contribution in [1.82, 2.24) is 0 Å². The van der Waals surface area contributed by atoms with Gasteiger partial charge in [0.25, 0.3) is 0 Å². The van der Waals surface area contributed by atoms with E-state index in [1.807, 2.05) is 0 Å². The first-order valence-corrected chi connectivity index (χ1v) is 4.64. The summed E-state index contributed by atoms with van der Waals surface area (Å²) >= 11 is 0. The predicted molar refractivity (Wildman–Crippen MR) is 53.6 cm³/mol. The Morgan fingerprint density at radius 2 is 2.21 bits per heavy atom. The first-order valence-electron chi connectivity index (χ1n) is 4.64. The molecule has 0 aromatic heterocycles. The Morgan fingerprint density at radius 1 is 1.57 bits per heavy atom. The fourth-order valence-corrected chi connectivity index (χ4v) is 1.27. The SMILES string of the molecule is CCC(=O)c1ccc([C@H](C)N)c(F)c1. The second-order valence-corrected chi connectivity index (χ2v) is 3.30. The van der Waals surface area contributed by atoms with Crippen LogP contribution in [0.25, 0.3) is 0 Å². The second kappa shape index (κ2) is 4.33. The van der Waals surface area contributed by atoms with Gasteiger partial charge in [-0.25, -0.2) is 4.39 Å². The Labute approximate surface area is 82.9 Å². The van der Waals surface area contributed by atoms with Gasteiger partial charge in [-0.2, -0.15) is 0 Å².